The van der Waals surface area contributed by atoms with Gasteiger partial charge in [0.25, 0.3) is 11.8 Å². The summed E-state index contributed by atoms with van der Waals surface area (Å²) in [5, 5.41) is 36.6. The van der Waals surface area contributed by atoms with E-state index in [1.54, 1.807) is 11.0 Å². The number of carbonyl (C=O) groups is 4. The van der Waals surface area contributed by atoms with Crippen molar-refractivity contribution in [2.75, 3.05) is 31.2 Å². The first-order chi connectivity index (χ1) is 18.6. The molecule has 7 N–H and O–H groups in total. The molecule has 1 aromatic heterocycles. The molecule has 0 saturated carbocycles. The zero-order valence-electron chi connectivity index (χ0n) is 20.2. The Labute approximate surface area is 234 Å². The van der Waals surface area contributed by atoms with E-state index in [4.69, 9.17) is 17.3 Å². The lowest BCUT2D eigenvalue weighted by atomic mass is 10.0. The van der Waals surface area contributed by atoms with Gasteiger partial charge in [-0.15, -0.1) is 11.8 Å². The van der Waals surface area contributed by atoms with Gasteiger partial charge in [-0.1, -0.05) is 28.1 Å². The fraction of sp³-hybridized carbons (Fsp3) is 0.455. The Hall–Kier alpha value is -3.18. The number of amides is 3. The molecule has 4 aliphatic rings. The first kappa shape index (κ1) is 27.4. The van der Waals surface area contributed by atoms with E-state index in [1.165, 1.54) is 11.8 Å². The number of aliphatic hydroxyl groups excluding tert-OH is 1. The number of carboxylic acids is 1. The SMILES string of the molecule is Nc1nc(/C(=N/O)C(=O)N[C@@H]2C(=O)N3C(C(=O)O)=C(/C=C4\CCN([C@H]5CN[C@H](CO)C5)C4=O)CS[C@H]23)c(Cl)s1. The third-order valence-electron chi connectivity index (χ3n) is 6.99. The molecule has 4 atom stereocenters. The number of thiazole rings is 1. The molecule has 1 aromatic rings. The Morgan fingerprint density at radius 1 is 1.36 bits per heavy atom. The lowest BCUT2D eigenvalue weighted by Gasteiger charge is -2.49. The number of carbonyl (C=O) groups excluding carboxylic acids is 3. The minimum atomic E-state index is -1.33. The number of allylic oxidation sites excluding steroid dienone is 1. The maximum absolute atomic E-state index is 13.1. The molecule has 0 bridgehead atoms. The molecule has 4 aliphatic heterocycles. The number of aromatic nitrogens is 1. The average Bonchev–Trinajstić information content (AvgIpc) is 3.61. The molecule has 0 spiro atoms. The predicted octanol–water partition coefficient (Wildman–Crippen LogP) is -0.823. The van der Waals surface area contributed by atoms with Crippen LogP contribution in [-0.2, 0) is 19.2 Å². The fourth-order valence-electron chi connectivity index (χ4n) is 5.13. The van der Waals surface area contributed by atoms with Crippen LogP contribution >= 0.6 is 34.7 Å². The van der Waals surface area contributed by atoms with E-state index in [0.29, 0.717) is 37.1 Å². The smallest absolute Gasteiger partial charge is 0.352 e. The molecular weight excluding hydrogens is 574 g/mol. The number of hydrogen-bond acceptors (Lipinski definition) is 12. The Balaban J connectivity index is 1.32. The molecule has 208 valence electrons. The number of hydrogen-bond donors (Lipinski definition) is 6. The van der Waals surface area contributed by atoms with Gasteiger partial charge in [0.1, 0.15) is 27.1 Å². The monoisotopic (exact) mass is 597 g/mol. The third-order valence-corrected chi connectivity index (χ3v) is 9.38. The number of aliphatic carboxylic acids is 1. The lowest BCUT2D eigenvalue weighted by molar-refractivity contribution is -0.150. The highest BCUT2D eigenvalue weighted by Gasteiger charge is 2.54. The van der Waals surface area contributed by atoms with Gasteiger partial charge in [-0.3, -0.25) is 19.3 Å². The van der Waals surface area contributed by atoms with Crippen LogP contribution in [0.5, 0.6) is 0 Å². The molecule has 5 rings (SSSR count). The zero-order valence-corrected chi connectivity index (χ0v) is 22.6. The number of nitrogens with one attached hydrogen (secondary N) is 2. The number of anilines is 1. The van der Waals surface area contributed by atoms with E-state index in [2.05, 4.69) is 20.8 Å². The highest BCUT2D eigenvalue weighted by atomic mass is 35.5. The second kappa shape index (κ2) is 10.8. The van der Waals surface area contributed by atoms with E-state index in [-0.39, 0.29) is 51.2 Å². The van der Waals surface area contributed by atoms with Gasteiger partial charge in [-0.25, -0.2) is 9.78 Å². The molecule has 0 unspecified atom stereocenters. The zero-order chi connectivity index (χ0) is 28.0. The molecule has 0 aliphatic carbocycles. The van der Waals surface area contributed by atoms with Crippen LogP contribution in [0.4, 0.5) is 5.13 Å². The number of nitrogen functional groups attached to an aromatic ring is 1. The second-order valence-electron chi connectivity index (χ2n) is 9.26. The number of carboxylic acid groups (broad SMARTS) is 1. The van der Waals surface area contributed by atoms with Crippen molar-refractivity contribution in [3.05, 3.63) is 32.9 Å². The Morgan fingerprint density at radius 3 is 2.74 bits per heavy atom. The van der Waals surface area contributed by atoms with E-state index in [0.717, 1.165) is 16.2 Å². The molecule has 3 amide bonds. The number of β-lactam (4-membered cyclic amide) rings is 1. The molecule has 39 heavy (non-hydrogen) atoms. The number of nitrogens with zero attached hydrogens (tertiary/aromatic N) is 4. The summed E-state index contributed by atoms with van der Waals surface area (Å²) in [7, 11) is 0. The van der Waals surface area contributed by atoms with Gasteiger partial charge in [-0.2, -0.15) is 0 Å². The van der Waals surface area contributed by atoms with Crippen LogP contribution in [0.25, 0.3) is 0 Å². The molecule has 0 radical (unpaired) electrons. The van der Waals surface area contributed by atoms with Crippen LogP contribution in [0.2, 0.25) is 4.34 Å². The number of rotatable bonds is 7. The van der Waals surface area contributed by atoms with Gasteiger partial charge < -0.3 is 36.7 Å². The fourth-order valence-corrected chi connectivity index (χ4v) is 7.36. The van der Waals surface area contributed by atoms with Crippen LogP contribution in [0.1, 0.15) is 18.5 Å². The standard InChI is InChI=1S/C22H24ClN7O7S2/c23-16-12(27-22(24)39-16)13(28-37)17(32)26-14-19(34)30-15(21(35)36)9(7-38-20(14)30)3-8-1-2-29(18(8)33)11-4-10(6-31)25-5-11/h3,10-11,14,20,25,31,37H,1-2,4-7H2,(H2,24,27)(H,26,32)(H,35,36)/b8-3+,28-13-/t10-,11+,14+,20+/m0/s1. The molecule has 14 nitrogen and oxygen atoms in total. The van der Waals surface area contributed by atoms with Gasteiger partial charge in [0.2, 0.25) is 5.91 Å². The Kier molecular flexibility index (Phi) is 7.56. The molecular formula is C22H24ClN7O7S2. The average molecular weight is 598 g/mol. The van der Waals surface area contributed by atoms with Gasteiger partial charge in [0.05, 0.1) is 6.61 Å². The van der Waals surface area contributed by atoms with Crippen LogP contribution in [0.15, 0.2) is 28.1 Å². The van der Waals surface area contributed by atoms with Crippen LogP contribution in [-0.4, -0.2) is 109 Å². The summed E-state index contributed by atoms with van der Waals surface area (Å²) in [5.74, 6) is -2.94. The number of thioether (sulfide) groups is 1. The normalized spacial score (nSPS) is 28.3. The van der Waals surface area contributed by atoms with Crippen LogP contribution < -0.4 is 16.4 Å². The summed E-state index contributed by atoms with van der Waals surface area (Å²) in [5.41, 5.74) is 5.44. The minimum Gasteiger partial charge on any atom is -0.477 e. The molecule has 5 heterocycles. The maximum Gasteiger partial charge on any atom is 0.352 e. The second-order valence-corrected chi connectivity index (χ2v) is 12.0. The van der Waals surface area contributed by atoms with E-state index < -0.39 is 34.9 Å². The number of likely N-dealkylation sites (tertiary alicyclic amines) is 1. The van der Waals surface area contributed by atoms with Crippen molar-refractivity contribution in [1.29, 1.82) is 0 Å². The summed E-state index contributed by atoms with van der Waals surface area (Å²) in [6.45, 7) is 1.05. The minimum absolute atomic E-state index is 0.0128. The number of nitrogens with two attached hydrogens (primary N) is 1. The van der Waals surface area contributed by atoms with Crippen molar-refractivity contribution in [3.63, 3.8) is 0 Å². The molecule has 0 aromatic carbocycles. The quantitative estimate of drug-likeness (QED) is 0.0751. The first-order valence-corrected chi connectivity index (χ1v) is 14.1. The van der Waals surface area contributed by atoms with Crippen LogP contribution in [0, 0.1) is 0 Å². The third kappa shape index (κ3) is 4.86. The summed E-state index contributed by atoms with van der Waals surface area (Å²) >= 11 is 8.11. The molecule has 3 fully saturated rings. The first-order valence-electron chi connectivity index (χ1n) is 11.9. The lowest BCUT2D eigenvalue weighted by Crippen LogP contribution is -2.71. The largest absolute Gasteiger partial charge is 0.477 e. The number of oxime groups is 1. The number of halogens is 1. The topological polar surface area (TPSA) is 211 Å². The number of fused-ring (bicyclic) bond motifs is 1. The summed E-state index contributed by atoms with van der Waals surface area (Å²) < 4.78 is 0.0234. The Bertz CT molecular complexity index is 1350. The maximum atomic E-state index is 13.1. The molecule has 3 saturated heterocycles. The number of aliphatic hydroxyl groups is 1. The van der Waals surface area contributed by atoms with Gasteiger partial charge in [-0.05, 0) is 24.5 Å². The Morgan fingerprint density at radius 2 is 2.13 bits per heavy atom. The van der Waals surface area contributed by atoms with E-state index in [9.17, 15) is 34.6 Å². The highest BCUT2D eigenvalue weighted by Crippen LogP contribution is 2.41. The van der Waals surface area contributed by atoms with Gasteiger partial charge in [0, 0.05) is 36.5 Å². The highest BCUT2D eigenvalue weighted by molar-refractivity contribution is 8.00. The summed E-state index contributed by atoms with van der Waals surface area (Å²) in [6.07, 6.45) is 2.62. The van der Waals surface area contributed by atoms with Crippen molar-refractivity contribution in [1.82, 2.24) is 25.4 Å². The van der Waals surface area contributed by atoms with Crippen molar-refractivity contribution in [3.8, 4) is 0 Å². The van der Waals surface area contributed by atoms with Crippen molar-refractivity contribution in [2.45, 2.75) is 36.3 Å². The van der Waals surface area contributed by atoms with Gasteiger partial charge in [0.15, 0.2) is 10.8 Å². The predicted molar refractivity (Wildman–Crippen MR) is 141 cm³/mol. The van der Waals surface area contributed by atoms with E-state index in [1.807, 2.05) is 0 Å². The molecule has 17 heteroatoms. The van der Waals surface area contributed by atoms with Crippen LogP contribution in [0.3, 0.4) is 0 Å². The van der Waals surface area contributed by atoms with Crippen molar-refractivity contribution in [2.24, 2.45) is 5.16 Å². The summed E-state index contributed by atoms with van der Waals surface area (Å²) in [6, 6.07) is -1.20. The summed E-state index contributed by atoms with van der Waals surface area (Å²) in [4.78, 5) is 57.8. The van der Waals surface area contributed by atoms with Gasteiger partial charge >= 0.3 is 5.97 Å². The van der Waals surface area contributed by atoms with E-state index >= 15 is 0 Å². The van der Waals surface area contributed by atoms with Crippen molar-refractivity contribution >= 4 is 69.2 Å². The van der Waals surface area contributed by atoms with Crippen molar-refractivity contribution < 1.29 is 34.6 Å².